The molecule has 0 saturated heterocycles. The van der Waals surface area contributed by atoms with Gasteiger partial charge in [0, 0.05) is 18.2 Å². The summed E-state index contributed by atoms with van der Waals surface area (Å²) in [6.07, 6.45) is 1.20. The molecule has 0 fully saturated rings. The Balaban J connectivity index is 1.43. The summed E-state index contributed by atoms with van der Waals surface area (Å²) in [6, 6.07) is 20.0. The number of aromatic nitrogens is 2. The van der Waals surface area contributed by atoms with Crippen LogP contribution in [0, 0.1) is 13.8 Å². The number of sulfonamides is 1. The maximum absolute atomic E-state index is 13.0. The minimum atomic E-state index is -3.53. The SMILES string of the molecule is CCOc1ccc(-c2noc(CN(C)C(=O)c3ccc(CN(c4c(C)cccc4C)S(C)(=O)=O)cc3)n2)cc1. The number of rotatable bonds is 10. The molecular formula is C29H32N4O5S. The van der Waals surface area contributed by atoms with E-state index < -0.39 is 10.0 Å². The highest BCUT2D eigenvalue weighted by Gasteiger charge is 2.22. The van der Waals surface area contributed by atoms with Crippen molar-refractivity contribution < 1.29 is 22.5 Å². The molecule has 9 nitrogen and oxygen atoms in total. The van der Waals surface area contributed by atoms with Gasteiger partial charge in [-0.25, -0.2) is 8.42 Å². The summed E-state index contributed by atoms with van der Waals surface area (Å²) >= 11 is 0. The Morgan fingerprint density at radius 1 is 0.949 bits per heavy atom. The molecule has 1 amide bonds. The highest BCUT2D eigenvalue weighted by molar-refractivity contribution is 7.92. The summed E-state index contributed by atoms with van der Waals surface area (Å²) in [4.78, 5) is 18.9. The number of amides is 1. The lowest BCUT2D eigenvalue weighted by Crippen LogP contribution is -2.30. The van der Waals surface area contributed by atoms with Crippen LogP contribution in [0.5, 0.6) is 5.75 Å². The van der Waals surface area contributed by atoms with Crippen LogP contribution in [0.1, 0.15) is 39.9 Å². The third-order valence-electron chi connectivity index (χ3n) is 6.23. The smallest absolute Gasteiger partial charge is 0.254 e. The van der Waals surface area contributed by atoms with Crippen LogP contribution in [0.2, 0.25) is 0 Å². The molecule has 0 aliphatic heterocycles. The molecule has 204 valence electrons. The third kappa shape index (κ3) is 6.64. The first-order valence-electron chi connectivity index (χ1n) is 12.5. The minimum absolute atomic E-state index is 0.138. The average Bonchev–Trinajstić information content (AvgIpc) is 3.36. The van der Waals surface area contributed by atoms with Crippen molar-refractivity contribution in [1.29, 1.82) is 0 Å². The minimum Gasteiger partial charge on any atom is -0.494 e. The van der Waals surface area contributed by atoms with E-state index >= 15 is 0 Å². The van der Waals surface area contributed by atoms with Crippen LogP contribution in [0.4, 0.5) is 5.69 Å². The molecule has 0 aliphatic rings. The van der Waals surface area contributed by atoms with E-state index in [1.165, 1.54) is 15.5 Å². The van der Waals surface area contributed by atoms with Crippen molar-refractivity contribution in [2.24, 2.45) is 0 Å². The summed E-state index contributed by atoms with van der Waals surface area (Å²) in [5, 5.41) is 4.02. The Labute approximate surface area is 229 Å². The van der Waals surface area contributed by atoms with Gasteiger partial charge in [-0.05, 0) is 73.9 Å². The first-order valence-corrected chi connectivity index (χ1v) is 14.4. The van der Waals surface area contributed by atoms with Crippen molar-refractivity contribution >= 4 is 21.6 Å². The molecule has 0 spiro atoms. The zero-order valence-electron chi connectivity index (χ0n) is 22.7. The first kappa shape index (κ1) is 27.8. The lowest BCUT2D eigenvalue weighted by Gasteiger charge is -2.26. The summed E-state index contributed by atoms with van der Waals surface area (Å²) in [6.45, 7) is 6.59. The molecule has 0 aliphatic carbocycles. The Kier molecular flexibility index (Phi) is 8.35. The summed E-state index contributed by atoms with van der Waals surface area (Å²) in [5.74, 6) is 1.27. The van der Waals surface area contributed by atoms with Crippen LogP contribution in [-0.2, 0) is 23.1 Å². The van der Waals surface area contributed by atoms with Crippen molar-refractivity contribution in [2.45, 2.75) is 33.9 Å². The average molecular weight is 549 g/mol. The van der Waals surface area contributed by atoms with E-state index in [2.05, 4.69) is 10.1 Å². The number of nitrogens with zero attached hydrogens (tertiary/aromatic N) is 4. The van der Waals surface area contributed by atoms with E-state index in [0.29, 0.717) is 29.6 Å². The lowest BCUT2D eigenvalue weighted by molar-refractivity contribution is 0.0769. The van der Waals surface area contributed by atoms with Gasteiger partial charge < -0.3 is 14.2 Å². The van der Waals surface area contributed by atoms with Gasteiger partial charge >= 0.3 is 0 Å². The molecule has 0 radical (unpaired) electrons. The number of anilines is 1. The topological polar surface area (TPSA) is 106 Å². The first-order chi connectivity index (χ1) is 18.6. The van der Waals surface area contributed by atoms with Crippen molar-refractivity contribution in [3.8, 4) is 17.1 Å². The molecule has 4 aromatic rings. The molecule has 0 saturated carbocycles. The Bertz CT molecular complexity index is 1530. The molecule has 10 heteroatoms. The second-order valence-electron chi connectivity index (χ2n) is 9.34. The van der Waals surface area contributed by atoms with Gasteiger partial charge in [-0.1, -0.05) is 35.5 Å². The van der Waals surface area contributed by atoms with Gasteiger partial charge in [0.25, 0.3) is 5.91 Å². The van der Waals surface area contributed by atoms with Gasteiger partial charge in [-0.15, -0.1) is 0 Å². The van der Waals surface area contributed by atoms with E-state index in [0.717, 1.165) is 28.0 Å². The van der Waals surface area contributed by atoms with E-state index in [1.807, 2.05) is 63.2 Å². The molecule has 0 unspecified atom stereocenters. The van der Waals surface area contributed by atoms with Gasteiger partial charge in [0.05, 0.1) is 31.6 Å². The van der Waals surface area contributed by atoms with E-state index in [4.69, 9.17) is 9.26 Å². The fraction of sp³-hybridized carbons (Fsp3) is 0.276. The Morgan fingerprint density at radius 2 is 1.59 bits per heavy atom. The quantitative estimate of drug-likeness (QED) is 0.275. The highest BCUT2D eigenvalue weighted by atomic mass is 32.2. The normalized spacial score (nSPS) is 11.3. The molecule has 1 heterocycles. The monoisotopic (exact) mass is 548 g/mol. The molecular weight excluding hydrogens is 516 g/mol. The van der Waals surface area contributed by atoms with Crippen LogP contribution < -0.4 is 9.04 Å². The number of carbonyl (C=O) groups is 1. The van der Waals surface area contributed by atoms with Gasteiger partial charge in [-0.3, -0.25) is 9.10 Å². The van der Waals surface area contributed by atoms with Crippen molar-refractivity contribution in [2.75, 3.05) is 24.2 Å². The van der Waals surface area contributed by atoms with E-state index in [1.54, 1.807) is 31.3 Å². The highest BCUT2D eigenvalue weighted by Crippen LogP contribution is 2.28. The Morgan fingerprint density at radius 3 is 2.18 bits per heavy atom. The molecule has 0 bridgehead atoms. The molecule has 3 aromatic carbocycles. The fourth-order valence-corrected chi connectivity index (χ4v) is 5.28. The molecule has 0 atom stereocenters. The zero-order valence-corrected chi connectivity index (χ0v) is 23.5. The molecule has 4 rings (SSSR count). The number of para-hydroxylation sites is 1. The van der Waals surface area contributed by atoms with E-state index in [9.17, 15) is 13.2 Å². The van der Waals surface area contributed by atoms with Crippen LogP contribution >= 0.6 is 0 Å². The fourth-order valence-electron chi connectivity index (χ4n) is 4.28. The number of hydrogen-bond acceptors (Lipinski definition) is 7. The van der Waals surface area contributed by atoms with Crippen LogP contribution in [0.15, 0.2) is 71.3 Å². The number of hydrogen-bond donors (Lipinski definition) is 0. The maximum Gasteiger partial charge on any atom is 0.254 e. The molecule has 39 heavy (non-hydrogen) atoms. The largest absolute Gasteiger partial charge is 0.494 e. The number of carbonyl (C=O) groups excluding carboxylic acids is 1. The van der Waals surface area contributed by atoms with Crippen LogP contribution in [-0.4, -0.2) is 49.3 Å². The zero-order chi connectivity index (χ0) is 28.2. The van der Waals surface area contributed by atoms with Crippen LogP contribution in [0.3, 0.4) is 0 Å². The van der Waals surface area contributed by atoms with Crippen molar-refractivity contribution in [3.05, 3.63) is 94.9 Å². The van der Waals surface area contributed by atoms with Gasteiger partial charge in [0.2, 0.25) is 21.7 Å². The standard InChI is InChI=1S/C29H32N4O5S/c1-6-37-25-16-14-23(15-17-25)28-30-26(38-31-28)19-32(4)29(34)24-12-10-22(11-13-24)18-33(39(5,35)36)27-20(2)8-7-9-21(27)3/h7-17H,6,18-19H2,1-5H3. The maximum atomic E-state index is 13.0. The number of ether oxygens (including phenoxy) is 1. The van der Waals surface area contributed by atoms with Gasteiger partial charge in [-0.2, -0.15) is 4.98 Å². The van der Waals surface area contributed by atoms with Gasteiger partial charge in [0.1, 0.15) is 5.75 Å². The predicted molar refractivity (Wildman–Crippen MR) is 150 cm³/mol. The van der Waals surface area contributed by atoms with Crippen LogP contribution in [0.25, 0.3) is 11.4 Å². The van der Waals surface area contributed by atoms with Crippen molar-refractivity contribution in [1.82, 2.24) is 15.0 Å². The summed E-state index contributed by atoms with van der Waals surface area (Å²) in [7, 11) is -1.87. The summed E-state index contributed by atoms with van der Waals surface area (Å²) < 4.78 is 37.5. The van der Waals surface area contributed by atoms with Crippen molar-refractivity contribution in [3.63, 3.8) is 0 Å². The van der Waals surface area contributed by atoms with E-state index in [-0.39, 0.29) is 19.0 Å². The molecule has 0 N–H and O–H groups in total. The summed E-state index contributed by atoms with van der Waals surface area (Å²) in [5.41, 5.74) is 4.43. The second-order valence-corrected chi connectivity index (χ2v) is 11.2. The lowest BCUT2D eigenvalue weighted by atomic mass is 10.1. The predicted octanol–water partition coefficient (Wildman–Crippen LogP) is 4.99. The second kappa shape index (κ2) is 11.7. The molecule has 1 aromatic heterocycles. The number of benzene rings is 3. The van der Waals surface area contributed by atoms with Gasteiger partial charge in [0.15, 0.2) is 0 Å². The number of aryl methyl sites for hydroxylation is 2. The third-order valence-corrected chi connectivity index (χ3v) is 7.34. The Hall–Kier alpha value is -4.18.